The Morgan fingerprint density at radius 3 is 1.32 bits per heavy atom. The highest BCUT2D eigenvalue weighted by Gasteiger charge is 2.24. The molecular formula is C14H28O6S2. The molecule has 0 aromatic rings. The fourth-order valence-electron chi connectivity index (χ4n) is 1.62. The average molecular weight is 357 g/mol. The van der Waals surface area contributed by atoms with E-state index in [0.29, 0.717) is 12.8 Å². The van der Waals surface area contributed by atoms with E-state index in [1.807, 2.05) is 0 Å². The van der Waals surface area contributed by atoms with E-state index in [2.05, 4.69) is 25.3 Å². The van der Waals surface area contributed by atoms with Crippen molar-refractivity contribution in [2.45, 2.75) is 75.1 Å². The van der Waals surface area contributed by atoms with Gasteiger partial charge in [-0.1, -0.05) is 20.3 Å². The Kier molecular flexibility index (Phi) is 14.1. The SMILES string of the molecule is CC(S)CC(=O)O.CC(S)CC(=O)O.OC1(O)CCCCC1. The third kappa shape index (κ3) is 21.9. The van der Waals surface area contributed by atoms with Crippen molar-refractivity contribution >= 4 is 37.2 Å². The van der Waals surface area contributed by atoms with E-state index in [0.717, 1.165) is 19.3 Å². The number of rotatable bonds is 4. The summed E-state index contributed by atoms with van der Waals surface area (Å²) < 4.78 is 0. The second-order valence-corrected chi connectivity index (χ2v) is 7.20. The Morgan fingerprint density at radius 1 is 0.909 bits per heavy atom. The number of aliphatic carboxylic acids is 2. The van der Waals surface area contributed by atoms with E-state index in [1.165, 1.54) is 0 Å². The first-order valence-corrected chi connectivity index (χ1v) is 8.24. The van der Waals surface area contributed by atoms with Crippen molar-refractivity contribution in [2.75, 3.05) is 0 Å². The van der Waals surface area contributed by atoms with Crippen LogP contribution in [0.4, 0.5) is 0 Å². The van der Waals surface area contributed by atoms with Gasteiger partial charge in [0.2, 0.25) is 0 Å². The first kappa shape index (κ1) is 23.8. The van der Waals surface area contributed by atoms with Crippen LogP contribution in [0.3, 0.4) is 0 Å². The lowest BCUT2D eigenvalue weighted by Crippen LogP contribution is -2.30. The number of hydrogen-bond acceptors (Lipinski definition) is 6. The second-order valence-electron chi connectivity index (χ2n) is 5.44. The zero-order chi connectivity index (χ0) is 17.8. The fourth-order valence-corrected chi connectivity index (χ4v) is 1.94. The maximum atomic E-state index is 9.76. The molecule has 132 valence electrons. The van der Waals surface area contributed by atoms with Gasteiger partial charge in [-0.2, -0.15) is 25.3 Å². The van der Waals surface area contributed by atoms with Crippen molar-refractivity contribution in [1.82, 2.24) is 0 Å². The molecule has 1 rings (SSSR count). The van der Waals surface area contributed by atoms with Crippen molar-refractivity contribution < 1.29 is 30.0 Å². The van der Waals surface area contributed by atoms with Gasteiger partial charge in [0.1, 0.15) is 0 Å². The summed E-state index contributed by atoms with van der Waals surface area (Å²) in [6.07, 6.45) is 4.50. The van der Waals surface area contributed by atoms with E-state index >= 15 is 0 Å². The van der Waals surface area contributed by atoms with Crippen LogP contribution >= 0.6 is 25.3 Å². The first-order valence-electron chi connectivity index (χ1n) is 7.20. The largest absolute Gasteiger partial charge is 0.481 e. The second kappa shape index (κ2) is 13.0. The highest BCUT2D eigenvalue weighted by molar-refractivity contribution is 7.81. The Hall–Kier alpha value is -0.440. The number of thiol groups is 2. The standard InChI is InChI=1S/C6H12O2.2C4H8O2S/c7-6(8)4-2-1-3-5-6;2*1-3(7)2-4(5)6/h7-8H,1-5H2;2*3,7H,2H2,1H3,(H,5,6). The quantitative estimate of drug-likeness (QED) is 0.340. The van der Waals surface area contributed by atoms with Gasteiger partial charge in [0, 0.05) is 23.3 Å². The van der Waals surface area contributed by atoms with E-state index < -0.39 is 17.7 Å². The lowest BCUT2D eigenvalue weighted by atomic mass is 9.95. The zero-order valence-corrected chi connectivity index (χ0v) is 14.9. The summed E-state index contributed by atoms with van der Waals surface area (Å²) in [5, 5.41) is 33.9. The average Bonchev–Trinajstić information content (AvgIpc) is 2.25. The van der Waals surface area contributed by atoms with Crippen LogP contribution in [-0.2, 0) is 9.59 Å². The number of carboxylic acids is 2. The van der Waals surface area contributed by atoms with Crippen LogP contribution in [0.1, 0.15) is 58.8 Å². The van der Waals surface area contributed by atoms with Gasteiger partial charge < -0.3 is 20.4 Å². The maximum Gasteiger partial charge on any atom is 0.304 e. The number of carboxylic acid groups (broad SMARTS) is 2. The van der Waals surface area contributed by atoms with Crippen LogP contribution in [0.25, 0.3) is 0 Å². The summed E-state index contributed by atoms with van der Waals surface area (Å²) in [7, 11) is 0. The van der Waals surface area contributed by atoms with Crippen LogP contribution in [0.5, 0.6) is 0 Å². The van der Waals surface area contributed by atoms with Gasteiger partial charge in [0.25, 0.3) is 0 Å². The van der Waals surface area contributed by atoms with E-state index in [4.69, 9.17) is 20.4 Å². The molecule has 0 amide bonds. The van der Waals surface area contributed by atoms with Gasteiger partial charge in [-0.05, 0) is 12.8 Å². The molecular weight excluding hydrogens is 328 g/mol. The maximum absolute atomic E-state index is 9.76. The predicted octanol–water partition coefficient (Wildman–Crippen LogP) is 2.19. The molecule has 0 saturated heterocycles. The molecule has 0 radical (unpaired) electrons. The van der Waals surface area contributed by atoms with Gasteiger partial charge in [0.05, 0.1) is 12.8 Å². The molecule has 1 saturated carbocycles. The highest BCUT2D eigenvalue weighted by Crippen LogP contribution is 2.24. The number of hydrogen-bond donors (Lipinski definition) is 6. The van der Waals surface area contributed by atoms with Crippen LogP contribution in [0, 0.1) is 0 Å². The lowest BCUT2D eigenvalue weighted by Gasteiger charge is -2.25. The molecule has 4 N–H and O–H groups in total. The summed E-state index contributed by atoms with van der Waals surface area (Å²) in [6.45, 7) is 3.49. The summed E-state index contributed by atoms with van der Waals surface area (Å²) in [5.74, 6) is -2.90. The smallest absolute Gasteiger partial charge is 0.304 e. The van der Waals surface area contributed by atoms with E-state index in [9.17, 15) is 9.59 Å². The van der Waals surface area contributed by atoms with Crippen molar-refractivity contribution in [2.24, 2.45) is 0 Å². The summed E-state index contributed by atoms with van der Waals surface area (Å²) >= 11 is 7.71. The molecule has 8 heteroatoms. The van der Waals surface area contributed by atoms with Crippen molar-refractivity contribution in [1.29, 1.82) is 0 Å². The van der Waals surface area contributed by atoms with Crippen LogP contribution < -0.4 is 0 Å². The topological polar surface area (TPSA) is 115 Å². The summed E-state index contributed by atoms with van der Waals surface area (Å²) in [6, 6.07) is 0. The normalized spacial score (nSPS) is 18.6. The van der Waals surface area contributed by atoms with E-state index in [1.54, 1.807) is 13.8 Å². The molecule has 22 heavy (non-hydrogen) atoms. The van der Waals surface area contributed by atoms with Crippen LogP contribution in [0.15, 0.2) is 0 Å². The van der Waals surface area contributed by atoms with Gasteiger partial charge in [-0.15, -0.1) is 0 Å². The third-order valence-electron chi connectivity index (χ3n) is 2.59. The molecule has 0 heterocycles. The molecule has 1 fully saturated rings. The van der Waals surface area contributed by atoms with Gasteiger partial charge in [-0.25, -0.2) is 0 Å². The number of carbonyl (C=O) groups is 2. The monoisotopic (exact) mass is 356 g/mol. The summed E-state index contributed by atoms with van der Waals surface area (Å²) in [5.41, 5.74) is 0. The van der Waals surface area contributed by atoms with Gasteiger partial charge in [-0.3, -0.25) is 9.59 Å². The van der Waals surface area contributed by atoms with Crippen molar-refractivity contribution in [3.8, 4) is 0 Å². The highest BCUT2D eigenvalue weighted by atomic mass is 32.1. The molecule has 1 aliphatic carbocycles. The zero-order valence-electron chi connectivity index (χ0n) is 13.1. The van der Waals surface area contributed by atoms with Crippen molar-refractivity contribution in [3.05, 3.63) is 0 Å². The molecule has 0 aliphatic heterocycles. The van der Waals surface area contributed by atoms with Gasteiger partial charge in [0.15, 0.2) is 5.79 Å². The molecule has 1 aliphatic rings. The molecule has 2 atom stereocenters. The molecule has 0 bridgehead atoms. The molecule has 0 spiro atoms. The van der Waals surface area contributed by atoms with Crippen LogP contribution in [0.2, 0.25) is 0 Å². The Bertz CT molecular complexity index is 290. The Labute approximate surface area is 142 Å². The van der Waals surface area contributed by atoms with Crippen molar-refractivity contribution in [3.63, 3.8) is 0 Å². The Morgan fingerprint density at radius 2 is 1.23 bits per heavy atom. The minimum atomic E-state index is -1.32. The van der Waals surface area contributed by atoms with Crippen LogP contribution in [-0.4, -0.2) is 48.7 Å². The predicted molar refractivity (Wildman–Crippen MR) is 91.7 cm³/mol. The lowest BCUT2D eigenvalue weighted by molar-refractivity contribution is -0.180. The molecule has 0 aromatic heterocycles. The summed E-state index contributed by atoms with van der Waals surface area (Å²) in [4.78, 5) is 19.5. The number of aliphatic hydroxyl groups is 2. The Balaban J connectivity index is 0. The fraction of sp³-hybridized carbons (Fsp3) is 0.857. The first-order chi connectivity index (χ1) is 9.96. The van der Waals surface area contributed by atoms with E-state index in [-0.39, 0.29) is 23.3 Å². The molecule has 0 aromatic carbocycles. The molecule has 2 unspecified atom stereocenters. The minimum absolute atomic E-state index is 0.0301. The third-order valence-corrected chi connectivity index (χ3v) is 2.96. The molecule has 6 nitrogen and oxygen atoms in total. The van der Waals surface area contributed by atoms with Gasteiger partial charge >= 0.3 is 11.9 Å². The minimum Gasteiger partial charge on any atom is -0.481 e.